The van der Waals surface area contributed by atoms with Gasteiger partial charge in [0, 0.05) is 55.2 Å². The van der Waals surface area contributed by atoms with Gasteiger partial charge in [0.15, 0.2) is 0 Å². The Bertz CT molecular complexity index is 4230. The molecule has 0 fully saturated rings. The lowest BCUT2D eigenvalue weighted by Gasteiger charge is -2.14. The predicted molar refractivity (Wildman–Crippen MR) is 293 cm³/mol. The smallest absolute Gasteiger partial charge is 0.0722 e. The Morgan fingerprint density at radius 1 is 0.257 bits per heavy atom. The van der Waals surface area contributed by atoms with Crippen molar-refractivity contribution < 1.29 is 0 Å². The molecule has 14 aromatic rings. The highest BCUT2D eigenvalue weighted by molar-refractivity contribution is 6.30. The molecule has 0 radical (unpaired) electrons. The van der Waals surface area contributed by atoms with Crippen molar-refractivity contribution in [2.45, 2.75) is 0 Å². The number of nitrogens with zero attached hydrogens (tertiary/aromatic N) is 4. The van der Waals surface area contributed by atoms with E-state index in [1.807, 2.05) is 0 Å². The molecule has 0 saturated heterocycles. The van der Waals surface area contributed by atoms with Crippen molar-refractivity contribution >= 4 is 65.2 Å². The van der Waals surface area contributed by atoms with Gasteiger partial charge in [0.25, 0.3) is 0 Å². The van der Waals surface area contributed by atoms with Gasteiger partial charge in [-0.05, 0) is 99.4 Å². The standard InChI is InChI=1S/C66H42N4/c1-3-22-48(23-4-1)69-61-34-13-12-29-55(61)65-63(69)42-56(64-54-28-11-14-35-62(54)70(66(64)65)49-24-5-2-6-25-49)45-36-38-46(39-37-45)57-32-17-33-58(67-57)47-40-59(52-30-15-20-43-18-7-9-26-50(43)52)68-60(41-47)53-31-16-21-44-19-8-10-27-51(44)53/h1-42H. The Balaban J connectivity index is 0.948. The molecular formula is C66H42N4. The van der Waals surface area contributed by atoms with Gasteiger partial charge in [-0.2, -0.15) is 0 Å². The first-order valence-electron chi connectivity index (χ1n) is 23.9. The van der Waals surface area contributed by atoms with Crippen LogP contribution in [0.1, 0.15) is 0 Å². The summed E-state index contributed by atoms with van der Waals surface area (Å²) in [4.78, 5) is 10.8. The van der Waals surface area contributed by atoms with Gasteiger partial charge in [-0.25, -0.2) is 9.97 Å². The first-order chi connectivity index (χ1) is 34.7. The van der Waals surface area contributed by atoms with E-state index in [0.717, 1.165) is 67.5 Å². The van der Waals surface area contributed by atoms with Crippen LogP contribution in [0.15, 0.2) is 255 Å². The molecule has 326 valence electrons. The maximum atomic E-state index is 5.41. The van der Waals surface area contributed by atoms with Crippen molar-refractivity contribution in [1.82, 2.24) is 19.1 Å². The second-order valence-electron chi connectivity index (χ2n) is 18.1. The number of para-hydroxylation sites is 4. The van der Waals surface area contributed by atoms with Crippen LogP contribution in [0.2, 0.25) is 0 Å². The molecule has 4 aromatic heterocycles. The van der Waals surface area contributed by atoms with Crippen LogP contribution in [-0.2, 0) is 0 Å². The lowest BCUT2D eigenvalue weighted by atomic mass is 9.95. The Kier molecular flexibility index (Phi) is 9.17. The summed E-state index contributed by atoms with van der Waals surface area (Å²) in [6.07, 6.45) is 0. The third kappa shape index (κ3) is 6.38. The van der Waals surface area contributed by atoms with Crippen molar-refractivity contribution in [1.29, 1.82) is 0 Å². The summed E-state index contributed by atoms with van der Waals surface area (Å²) in [6.45, 7) is 0. The highest BCUT2D eigenvalue weighted by Crippen LogP contribution is 2.47. The summed E-state index contributed by atoms with van der Waals surface area (Å²) in [6, 6.07) is 91.5. The molecule has 0 bridgehead atoms. The number of hydrogen-bond acceptors (Lipinski definition) is 2. The Morgan fingerprint density at radius 2 is 0.700 bits per heavy atom. The molecule has 10 aromatic carbocycles. The fourth-order valence-electron chi connectivity index (χ4n) is 11.0. The Hall–Kier alpha value is -9.38. The van der Waals surface area contributed by atoms with Gasteiger partial charge in [-0.3, -0.25) is 0 Å². The number of benzene rings is 10. The van der Waals surface area contributed by atoms with Crippen molar-refractivity contribution in [3.8, 4) is 67.5 Å². The second kappa shape index (κ2) is 16.2. The van der Waals surface area contributed by atoms with E-state index in [1.165, 1.54) is 65.2 Å². The molecule has 4 heterocycles. The van der Waals surface area contributed by atoms with E-state index in [9.17, 15) is 0 Å². The summed E-state index contributed by atoms with van der Waals surface area (Å²) in [5.41, 5.74) is 17.2. The number of aromatic nitrogens is 4. The van der Waals surface area contributed by atoms with E-state index in [-0.39, 0.29) is 0 Å². The second-order valence-corrected chi connectivity index (χ2v) is 18.1. The number of rotatable bonds is 7. The molecule has 0 aliphatic heterocycles. The van der Waals surface area contributed by atoms with Crippen LogP contribution in [0.25, 0.3) is 133 Å². The van der Waals surface area contributed by atoms with Crippen LogP contribution in [0, 0.1) is 0 Å². The fraction of sp³-hybridized carbons (Fsp3) is 0. The van der Waals surface area contributed by atoms with E-state index >= 15 is 0 Å². The molecule has 14 rings (SSSR count). The number of fused-ring (bicyclic) bond motifs is 9. The number of pyridine rings is 2. The van der Waals surface area contributed by atoms with Crippen LogP contribution in [0.3, 0.4) is 0 Å². The van der Waals surface area contributed by atoms with Crippen molar-refractivity contribution in [2.24, 2.45) is 0 Å². The predicted octanol–water partition coefficient (Wildman–Crippen LogP) is 17.3. The third-order valence-corrected chi connectivity index (χ3v) is 14.1. The van der Waals surface area contributed by atoms with Crippen LogP contribution in [0.4, 0.5) is 0 Å². The molecular weight excluding hydrogens is 849 g/mol. The van der Waals surface area contributed by atoms with Crippen molar-refractivity contribution in [2.75, 3.05) is 0 Å². The lowest BCUT2D eigenvalue weighted by molar-refractivity contribution is 1.17. The normalized spacial score (nSPS) is 11.7. The molecule has 0 N–H and O–H groups in total. The molecule has 0 amide bonds. The zero-order valence-electron chi connectivity index (χ0n) is 38.0. The van der Waals surface area contributed by atoms with Gasteiger partial charge < -0.3 is 9.13 Å². The molecule has 0 spiro atoms. The summed E-state index contributed by atoms with van der Waals surface area (Å²) >= 11 is 0. The quantitative estimate of drug-likeness (QED) is 0.160. The number of hydrogen-bond donors (Lipinski definition) is 0. The third-order valence-electron chi connectivity index (χ3n) is 14.1. The minimum Gasteiger partial charge on any atom is -0.309 e. The Labute approximate surface area is 404 Å². The Morgan fingerprint density at radius 3 is 1.31 bits per heavy atom. The molecule has 0 atom stereocenters. The zero-order valence-corrected chi connectivity index (χ0v) is 38.0. The molecule has 4 nitrogen and oxygen atoms in total. The molecule has 70 heavy (non-hydrogen) atoms. The van der Waals surface area contributed by atoms with Gasteiger partial charge in [0.1, 0.15) is 0 Å². The highest BCUT2D eigenvalue weighted by atomic mass is 15.0. The van der Waals surface area contributed by atoms with Gasteiger partial charge in [0.05, 0.1) is 44.8 Å². The van der Waals surface area contributed by atoms with Gasteiger partial charge in [-0.1, -0.05) is 188 Å². The van der Waals surface area contributed by atoms with E-state index in [2.05, 4.69) is 264 Å². The maximum Gasteiger partial charge on any atom is 0.0722 e. The van der Waals surface area contributed by atoms with Crippen LogP contribution < -0.4 is 0 Å². The molecule has 0 aliphatic carbocycles. The van der Waals surface area contributed by atoms with E-state index in [4.69, 9.17) is 9.97 Å². The molecule has 0 unspecified atom stereocenters. The molecule has 0 saturated carbocycles. The van der Waals surface area contributed by atoms with E-state index in [1.54, 1.807) is 0 Å². The van der Waals surface area contributed by atoms with Gasteiger partial charge >= 0.3 is 0 Å². The summed E-state index contributed by atoms with van der Waals surface area (Å²) < 4.78 is 4.90. The van der Waals surface area contributed by atoms with E-state index in [0.29, 0.717) is 0 Å². The average Bonchev–Trinajstić information content (AvgIpc) is 3.96. The lowest BCUT2D eigenvalue weighted by Crippen LogP contribution is -1.96. The van der Waals surface area contributed by atoms with Gasteiger partial charge in [0.2, 0.25) is 0 Å². The first kappa shape index (κ1) is 39.8. The maximum absolute atomic E-state index is 5.41. The van der Waals surface area contributed by atoms with Crippen molar-refractivity contribution in [3.05, 3.63) is 255 Å². The minimum absolute atomic E-state index is 0.890. The average molecular weight is 891 g/mol. The topological polar surface area (TPSA) is 35.6 Å². The highest BCUT2D eigenvalue weighted by Gasteiger charge is 2.24. The summed E-state index contributed by atoms with van der Waals surface area (Å²) in [5.74, 6) is 0. The van der Waals surface area contributed by atoms with Gasteiger partial charge in [-0.15, -0.1) is 0 Å². The SMILES string of the molecule is c1ccc(-n2c3ccccc3c3c2cc(-c2ccc(-c4cccc(-c5cc(-c6cccc7ccccc67)nc(-c6cccc7ccccc67)c5)n4)cc2)c2c4ccccc4n(-c4ccccc4)c23)cc1. The largest absolute Gasteiger partial charge is 0.309 e. The molecule has 4 heteroatoms. The monoisotopic (exact) mass is 890 g/mol. The van der Waals surface area contributed by atoms with E-state index < -0.39 is 0 Å². The summed E-state index contributed by atoms with van der Waals surface area (Å²) in [5, 5.41) is 9.62. The van der Waals surface area contributed by atoms with Crippen LogP contribution in [0.5, 0.6) is 0 Å². The van der Waals surface area contributed by atoms with Crippen molar-refractivity contribution in [3.63, 3.8) is 0 Å². The van der Waals surface area contributed by atoms with Crippen LogP contribution >= 0.6 is 0 Å². The zero-order chi connectivity index (χ0) is 46.1. The summed E-state index contributed by atoms with van der Waals surface area (Å²) in [7, 11) is 0. The first-order valence-corrected chi connectivity index (χ1v) is 23.9. The minimum atomic E-state index is 0.890. The fourth-order valence-corrected chi connectivity index (χ4v) is 11.0. The van der Waals surface area contributed by atoms with Crippen LogP contribution in [-0.4, -0.2) is 19.1 Å². The molecule has 0 aliphatic rings.